The fourth-order valence-corrected chi connectivity index (χ4v) is 1.84. The number of amides is 1. The third-order valence-electron chi connectivity index (χ3n) is 2.66. The Labute approximate surface area is 108 Å². The molecule has 1 N–H and O–H groups in total. The van der Waals surface area contributed by atoms with E-state index in [1.807, 2.05) is 39.0 Å². The maximum atomic E-state index is 11.8. The first kappa shape index (κ1) is 14.0. The number of benzene rings is 1. The summed E-state index contributed by atoms with van der Waals surface area (Å²) in [7, 11) is 0. The van der Waals surface area contributed by atoms with Crippen molar-refractivity contribution in [1.29, 1.82) is 0 Å². The van der Waals surface area contributed by atoms with E-state index in [0.717, 1.165) is 18.7 Å². The maximum Gasteiger partial charge on any atom is 0.238 e. The molecule has 0 saturated carbocycles. The lowest BCUT2D eigenvalue weighted by Crippen LogP contribution is -2.32. The van der Waals surface area contributed by atoms with Crippen molar-refractivity contribution in [3.05, 3.63) is 28.8 Å². The second-order valence-electron chi connectivity index (χ2n) is 3.99. The third-order valence-corrected chi connectivity index (χ3v) is 2.97. The van der Waals surface area contributed by atoms with Crippen LogP contribution in [0.25, 0.3) is 0 Å². The lowest BCUT2D eigenvalue weighted by molar-refractivity contribution is -0.117. The van der Waals surface area contributed by atoms with Gasteiger partial charge < -0.3 is 5.32 Å². The van der Waals surface area contributed by atoms with Crippen molar-refractivity contribution < 1.29 is 4.79 Å². The fraction of sp³-hybridized carbons (Fsp3) is 0.462. The predicted molar refractivity (Wildman–Crippen MR) is 72.6 cm³/mol. The summed E-state index contributed by atoms with van der Waals surface area (Å²) in [5, 5.41) is 3.41. The molecule has 0 bridgehead atoms. The fourth-order valence-electron chi connectivity index (χ4n) is 1.56. The minimum absolute atomic E-state index is 0.0283. The van der Waals surface area contributed by atoms with Crippen LogP contribution in [0.15, 0.2) is 18.2 Å². The monoisotopic (exact) mass is 254 g/mol. The van der Waals surface area contributed by atoms with Gasteiger partial charge in [0.2, 0.25) is 5.91 Å². The number of carbonyl (C=O) groups excluding carboxylic acids is 1. The Balaban J connectivity index is 2.62. The number of aryl methyl sites for hydroxylation is 1. The van der Waals surface area contributed by atoms with Crippen molar-refractivity contribution in [2.45, 2.75) is 20.8 Å². The van der Waals surface area contributed by atoms with Crippen molar-refractivity contribution in [2.24, 2.45) is 0 Å². The van der Waals surface area contributed by atoms with Crippen LogP contribution >= 0.6 is 11.6 Å². The first-order valence-corrected chi connectivity index (χ1v) is 6.23. The van der Waals surface area contributed by atoms with Gasteiger partial charge in [-0.15, -0.1) is 0 Å². The Kier molecular flexibility index (Phi) is 5.45. The molecule has 0 radical (unpaired) electrons. The highest BCUT2D eigenvalue weighted by Crippen LogP contribution is 2.22. The first-order chi connectivity index (χ1) is 8.06. The number of anilines is 1. The van der Waals surface area contributed by atoms with E-state index >= 15 is 0 Å². The van der Waals surface area contributed by atoms with Crippen LogP contribution in [0.3, 0.4) is 0 Å². The Morgan fingerprint density at radius 3 is 2.53 bits per heavy atom. The van der Waals surface area contributed by atoms with Gasteiger partial charge in [-0.05, 0) is 37.7 Å². The van der Waals surface area contributed by atoms with Crippen LogP contribution in [-0.4, -0.2) is 30.4 Å². The number of nitrogens with zero attached hydrogens (tertiary/aromatic N) is 1. The topological polar surface area (TPSA) is 32.3 Å². The van der Waals surface area contributed by atoms with Gasteiger partial charge in [0.15, 0.2) is 0 Å². The van der Waals surface area contributed by atoms with Crippen molar-refractivity contribution in [3.63, 3.8) is 0 Å². The van der Waals surface area contributed by atoms with Crippen molar-refractivity contribution >= 4 is 23.2 Å². The lowest BCUT2D eigenvalue weighted by atomic mass is 10.2. The molecule has 0 aliphatic carbocycles. The largest absolute Gasteiger partial charge is 0.324 e. The zero-order chi connectivity index (χ0) is 12.8. The first-order valence-electron chi connectivity index (χ1n) is 5.85. The van der Waals surface area contributed by atoms with Crippen LogP contribution in [0.1, 0.15) is 19.4 Å². The number of nitrogens with one attached hydrogen (secondary N) is 1. The van der Waals surface area contributed by atoms with E-state index in [2.05, 4.69) is 10.2 Å². The molecule has 1 aromatic carbocycles. The van der Waals surface area contributed by atoms with Crippen LogP contribution in [0, 0.1) is 6.92 Å². The molecule has 0 unspecified atom stereocenters. The Morgan fingerprint density at radius 2 is 2.00 bits per heavy atom. The SMILES string of the molecule is CCN(CC)CC(=O)Nc1ccc(C)cc1Cl. The third kappa shape index (κ3) is 4.36. The number of carbonyl (C=O) groups is 1. The number of rotatable bonds is 5. The Bertz CT molecular complexity index is 389. The van der Waals surface area contributed by atoms with Gasteiger partial charge in [-0.3, -0.25) is 9.69 Å². The average molecular weight is 255 g/mol. The molecule has 0 atom stereocenters. The molecular formula is C13H19ClN2O. The number of likely N-dealkylation sites (N-methyl/N-ethyl adjacent to an activating group) is 1. The van der Waals surface area contributed by atoms with Gasteiger partial charge in [-0.2, -0.15) is 0 Å². The molecule has 3 nitrogen and oxygen atoms in total. The van der Waals surface area contributed by atoms with Crippen LogP contribution in [0.5, 0.6) is 0 Å². The van der Waals surface area contributed by atoms with Crippen LogP contribution in [-0.2, 0) is 4.79 Å². The van der Waals surface area contributed by atoms with Gasteiger partial charge in [0, 0.05) is 0 Å². The zero-order valence-electron chi connectivity index (χ0n) is 10.6. The van der Waals surface area contributed by atoms with Gasteiger partial charge in [-0.1, -0.05) is 31.5 Å². The molecule has 4 heteroatoms. The molecule has 0 aliphatic heterocycles. The number of hydrogen-bond acceptors (Lipinski definition) is 2. The molecule has 0 saturated heterocycles. The van der Waals surface area contributed by atoms with Gasteiger partial charge in [0.25, 0.3) is 0 Å². The highest BCUT2D eigenvalue weighted by Gasteiger charge is 2.09. The second-order valence-corrected chi connectivity index (χ2v) is 4.40. The average Bonchev–Trinajstić information content (AvgIpc) is 2.29. The highest BCUT2D eigenvalue weighted by molar-refractivity contribution is 6.33. The van der Waals surface area contributed by atoms with Crippen molar-refractivity contribution in [2.75, 3.05) is 25.0 Å². The highest BCUT2D eigenvalue weighted by atomic mass is 35.5. The van der Waals surface area contributed by atoms with E-state index in [0.29, 0.717) is 17.3 Å². The molecule has 0 fully saturated rings. The Morgan fingerprint density at radius 1 is 1.35 bits per heavy atom. The quantitative estimate of drug-likeness (QED) is 0.876. The minimum atomic E-state index is -0.0283. The molecule has 1 aromatic rings. The summed E-state index contributed by atoms with van der Waals surface area (Å²) in [6.45, 7) is 8.17. The molecule has 0 heterocycles. The molecule has 0 spiro atoms. The van der Waals surface area contributed by atoms with E-state index in [9.17, 15) is 4.79 Å². The van der Waals surface area contributed by atoms with E-state index in [-0.39, 0.29) is 5.91 Å². The van der Waals surface area contributed by atoms with Gasteiger partial charge >= 0.3 is 0 Å². The maximum absolute atomic E-state index is 11.8. The number of hydrogen-bond donors (Lipinski definition) is 1. The molecule has 0 aromatic heterocycles. The summed E-state index contributed by atoms with van der Waals surface area (Å²) in [6, 6.07) is 5.60. The van der Waals surface area contributed by atoms with E-state index in [4.69, 9.17) is 11.6 Å². The van der Waals surface area contributed by atoms with Crippen LogP contribution in [0.4, 0.5) is 5.69 Å². The van der Waals surface area contributed by atoms with Gasteiger partial charge in [-0.25, -0.2) is 0 Å². The van der Waals surface area contributed by atoms with E-state index < -0.39 is 0 Å². The van der Waals surface area contributed by atoms with Crippen molar-refractivity contribution in [3.8, 4) is 0 Å². The van der Waals surface area contributed by atoms with Crippen molar-refractivity contribution in [1.82, 2.24) is 4.90 Å². The standard InChI is InChI=1S/C13H19ClN2O/c1-4-16(5-2)9-13(17)15-12-7-6-10(3)8-11(12)14/h6-8H,4-5,9H2,1-3H3,(H,15,17). The molecule has 17 heavy (non-hydrogen) atoms. The Hall–Kier alpha value is -1.06. The van der Waals surface area contributed by atoms with Gasteiger partial charge in [0.1, 0.15) is 0 Å². The van der Waals surface area contributed by atoms with E-state index in [1.54, 1.807) is 0 Å². The summed E-state index contributed by atoms with van der Waals surface area (Å²) in [5.41, 5.74) is 1.76. The summed E-state index contributed by atoms with van der Waals surface area (Å²) >= 11 is 6.05. The summed E-state index contributed by atoms with van der Waals surface area (Å²) < 4.78 is 0. The normalized spacial score (nSPS) is 10.6. The summed E-state index contributed by atoms with van der Waals surface area (Å²) in [4.78, 5) is 13.8. The molecular weight excluding hydrogens is 236 g/mol. The number of halogens is 1. The second kappa shape index (κ2) is 6.62. The lowest BCUT2D eigenvalue weighted by Gasteiger charge is -2.17. The predicted octanol–water partition coefficient (Wildman–Crippen LogP) is 2.93. The van der Waals surface area contributed by atoms with Crippen LogP contribution in [0.2, 0.25) is 5.02 Å². The molecule has 94 valence electrons. The van der Waals surface area contributed by atoms with Crippen LogP contribution < -0.4 is 5.32 Å². The zero-order valence-corrected chi connectivity index (χ0v) is 11.3. The minimum Gasteiger partial charge on any atom is -0.324 e. The summed E-state index contributed by atoms with van der Waals surface area (Å²) in [5.74, 6) is -0.0283. The molecule has 1 amide bonds. The molecule has 0 aliphatic rings. The molecule has 1 rings (SSSR count). The van der Waals surface area contributed by atoms with Gasteiger partial charge in [0.05, 0.1) is 17.3 Å². The van der Waals surface area contributed by atoms with E-state index in [1.165, 1.54) is 0 Å². The smallest absolute Gasteiger partial charge is 0.238 e. The summed E-state index contributed by atoms with van der Waals surface area (Å²) in [6.07, 6.45) is 0.